The van der Waals surface area contributed by atoms with Crippen LogP contribution in [0, 0.1) is 5.82 Å². The smallest absolute Gasteiger partial charge is 0.255 e. The topological polar surface area (TPSA) is 148 Å². The van der Waals surface area contributed by atoms with E-state index < -0.39 is 11.7 Å². The van der Waals surface area contributed by atoms with Crippen molar-refractivity contribution in [3.63, 3.8) is 0 Å². The van der Waals surface area contributed by atoms with E-state index in [2.05, 4.69) is 25.9 Å². The van der Waals surface area contributed by atoms with Gasteiger partial charge in [0.2, 0.25) is 0 Å². The molecule has 1 aliphatic carbocycles. The van der Waals surface area contributed by atoms with Gasteiger partial charge in [-0.3, -0.25) is 14.6 Å². The lowest BCUT2D eigenvalue weighted by Gasteiger charge is -2.30. The number of carbonyl (C=O) groups is 2. The second-order valence-corrected chi connectivity index (χ2v) is 8.77. The molecule has 2 atom stereocenters. The van der Waals surface area contributed by atoms with Crippen LogP contribution in [-0.2, 0) is 0 Å². The van der Waals surface area contributed by atoms with E-state index in [1.807, 2.05) is 0 Å². The Morgan fingerprint density at radius 3 is 2.57 bits per heavy atom. The molecule has 4 rings (SSSR count). The van der Waals surface area contributed by atoms with Crippen molar-refractivity contribution >= 4 is 46.4 Å². The van der Waals surface area contributed by atoms with Crippen LogP contribution in [0.5, 0.6) is 0 Å². The number of anilines is 4. The fourth-order valence-electron chi connectivity index (χ4n) is 3.93. The van der Waals surface area contributed by atoms with Gasteiger partial charge in [-0.2, -0.15) is 0 Å². The fraction of sp³-hybridized carbons (Fsp3) is 0.250. The fourth-order valence-corrected chi connectivity index (χ4v) is 4.12. The minimum absolute atomic E-state index is 0.0294. The van der Waals surface area contributed by atoms with Crippen molar-refractivity contribution in [2.45, 2.75) is 37.8 Å². The van der Waals surface area contributed by atoms with Gasteiger partial charge in [-0.1, -0.05) is 30.5 Å². The molecule has 2 amide bonds. The zero-order valence-corrected chi connectivity index (χ0v) is 19.5. The third kappa shape index (κ3) is 6.03. The molecule has 7 N–H and O–H groups in total. The molecule has 0 radical (unpaired) electrons. The number of nitrogens with zero attached hydrogens (tertiary/aromatic N) is 2. The van der Waals surface area contributed by atoms with Gasteiger partial charge in [-0.15, -0.1) is 0 Å². The average molecular weight is 498 g/mol. The Labute approximate surface area is 206 Å². The lowest BCUT2D eigenvalue weighted by atomic mass is 9.91. The van der Waals surface area contributed by atoms with Gasteiger partial charge < -0.3 is 27.4 Å². The summed E-state index contributed by atoms with van der Waals surface area (Å²) < 4.78 is 14.7. The molecule has 0 spiro atoms. The minimum atomic E-state index is -0.849. The number of benzene rings is 1. The van der Waals surface area contributed by atoms with Crippen LogP contribution in [0.3, 0.4) is 0 Å². The van der Waals surface area contributed by atoms with E-state index in [0.717, 1.165) is 31.7 Å². The molecule has 2 heterocycles. The van der Waals surface area contributed by atoms with E-state index in [0.29, 0.717) is 22.0 Å². The summed E-state index contributed by atoms with van der Waals surface area (Å²) in [5.41, 5.74) is 12.7. The van der Waals surface area contributed by atoms with E-state index in [1.54, 1.807) is 30.3 Å². The highest BCUT2D eigenvalue weighted by molar-refractivity contribution is 6.31. The lowest BCUT2D eigenvalue weighted by molar-refractivity contribution is 0.0997. The summed E-state index contributed by atoms with van der Waals surface area (Å²) in [5, 5.41) is 9.18. The van der Waals surface area contributed by atoms with E-state index in [9.17, 15) is 14.0 Å². The van der Waals surface area contributed by atoms with Crippen molar-refractivity contribution in [1.82, 2.24) is 9.97 Å². The Hall–Kier alpha value is -3.76. The van der Waals surface area contributed by atoms with Crippen molar-refractivity contribution in [2.24, 2.45) is 11.5 Å². The lowest BCUT2D eigenvalue weighted by Crippen LogP contribution is -2.43. The van der Waals surface area contributed by atoms with Crippen LogP contribution in [0.1, 0.15) is 46.4 Å². The second kappa shape index (κ2) is 10.7. The first kappa shape index (κ1) is 24.4. The molecule has 182 valence electrons. The number of carbonyl (C=O) groups excluding carboxylic acids is 2. The number of aromatic nitrogens is 2. The standard InChI is InChI=1S/C24H25ClFN7O2/c25-14-5-3-4-13(8-14)24(35)31-16-9-15(11-29-12-16)30-22-17(21(28)34)10-18(26)23(33-22)32-20-7-2-1-6-19(20)27/h3-5,8-12,19-20H,1-2,6-7,27H2,(H2,28,34)(H,31,35)(H2,30,32,33)/t19-,20+/m0/s1. The normalized spacial score (nSPS) is 17.5. The average Bonchev–Trinajstić information content (AvgIpc) is 2.82. The molecular formula is C24H25ClFN7O2. The van der Waals surface area contributed by atoms with Gasteiger partial charge in [-0.25, -0.2) is 9.37 Å². The van der Waals surface area contributed by atoms with Crippen LogP contribution >= 0.6 is 11.6 Å². The zero-order valence-electron chi connectivity index (χ0n) is 18.7. The van der Waals surface area contributed by atoms with E-state index in [1.165, 1.54) is 12.4 Å². The van der Waals surface area contributed by atoms with Crippen molar-refractivity contribution in [1.29, 1.82) is 0 Å². The van der Waals surface area contributed by atoms with E-state index in [-0.39, 0.29) is 35.2 Å². The number of hydrogen-bond acceptors (Lipinski definition) is 7. The molecule has 11 heteroatoms. The predicted octanol–water partition coefficient (Wildman–Crippen LogP) is 4.05. The Balaban J connectivity index is 1.56. The van der Waals surface area contributed by atoms with Crippen LogP contribution < -0.4 is 27.4 Å². The maximum atomic E-state index is 14.7. The number of amides is 2. The molecule has 1 fully saturated rings. The number of nitrogens with one attached hydrogen (secondary N) is 3. The van der Waals surface area contributed by atoms with E-state index >= 15 is 0 Å². The minimum Gasteiger partial charge on any atom is -0.365 e. The molecule has 0 aliphatic heterocycles. The van der Waals surface area contributed by atoms with E-state index in [4.69, 9.17) is 23.1 Å². The maximum absolute atomic E-state index is 14.7. The number of halogens is 2. The molecule has 0 saturated heterocycles. The SMILES string of the molecule is NC(=O)c1cc(F)c(N[C@@H]2CCCC[C@@H]2N)nc1Nc1cncc(NC(=O)c2cccc(Cl)c2)c1. The highest BCUT2D eigenvalue weighted by atomic mass is 35.5. The molecule has 0 bridgehead atoms. The summed E-state index contributed by atoms with van der Waals surface area (Å²) in [6.07, 6.45) is 6.56. The number of pyridine rings is 2. The molecular weight excluding hydrogens is 473 g/mol. The Morgan fingerprint density at radius 1 is 1.06 bits per heavy atom. The largest absolute Gasteiger partial charge is 0.365 e. The molecule has 1 saturated carbocycles. The van der Waals surface area contributed by atoms with Gasteiger partial charge in [-0.05, 0) is 43.2 Å². The summed E-state index contributed by atoms with van der Waals surface area (Å²) in [6.45, 7) is 0. The first-order valence-corrected chi connectivity index (χ1v) is 11.5. The van der Waals surface area contributed by atoms with Crippen LogP contribution in [-0.4, -0.2) is 33.9 Å². The maximum Gasteiger partial charge on any atom is 0.255 e. The van der Waals surface area contributed by atoms with Gasteiger partial charge in [0.1, 0.15) is 5.82 Å². The Kier molecular flexibility index (Phi) is 7.42. The monoisotopic (exact) mass is 497 g/mol. The van der Waals surface area contributed by atoms with Gasteiger partial charge in [0.25, 0.3) is 11.8 Å². The number of nitrogens with two attached hydrogens (primary N) is 2. The second-order valence-electron chi connectivity index (χ2n) is 8.33. The zero-order chi connectivity index (χ0) is 24.9. The summed E-state index contributed by atoms with van der Waals surface area (Å²) in [6, 6.07) is 8.88. The summed E-state index contributed by atoms with van der Waals surface area (Å²) in [5.74, 6) is -1.91. The molecule has 3 aromatic rings. The first-order valence-electron chi connectivity index (χ1n) is 11.1. The van der Waals surface area contributed by atoms with Crippen LogP contribution in [0.2, 0.25) is 5.02 Å². The molecule has 0 unspecified atom stereocenters. The van der Waals surface area contributed by atoms with Crippen LogP contribution in [0.25, 0.3) is 0 Å². The summed E-state index contributed by atoms with van der Waals surface area (Å²) in [4.78, 5) is 32.9. The first-order chi connectivity index (χ1) is 16.8. The van der Waals surface area contributed by atoms with Crippen molar-refractivity contribution in [2.75, 3.05) is 16.0 Å². The number of hydrogen-bond donors (Lipinski definition) is 5. The highest BCUT2D eigenvalue weighted by Gasteiger charge is 2.24. The van der Waals surface area contributed by atoms with Crippen molar-refractivity contribution < 1.29 is 14.0 Å². The quantitative estimate of drug-likeness (QED) is 0.330. The summed E-state index contributed by atoms with van der Waals surface area (Å²) in [7, 11) is 0. The predicted molar refractivity (Wildman–Crippen MR) is 133 cm³/mol. The molecule has 35 heavy (non-hydrogen) atoms. The van der Waals surface area contributed by atoms with Crippen molar-refractivity contribution in [3.05, 3.63) is 70.8 Å². The van der Waals surface area contributed by atoms with Gasteiger partial charge in [0.15, 0.2) is 11.6 Å². The molecule has 2 aromatic heterocycles. The van der Waals surface area contributed by atoms with Gasteiger partial charge in [0.05, 0.1) is 29.3 Å². The number of rotatable bonds is 7. The highest BCUT2D eigenvalue weighted by Crippen LogP contribution is 2.27. The third-order valence-corrected chi connectivity index (χ3v) is 5.96. The van der Waals surface area contributed by atoms with Gasteiger partial charge >= 0.3 is 0 Å². The van der Waals surface area contributed by atoms with Crippen LogP contribution in [0.15, 0.2) is 48.8 Å². The van der Waals surface area contributed by atoms with Crippen molar-refractivity contribution in [3.8, 4) is 0 Å². The molecule has 1 aliphatic rings. The number of primary amides is 1. The van der Waals surface area contributed by atoms with Gasteiger partial charge in [0, 0.05) is 22.7 Å². The van der Waals surface area contributed by atoms with Crippen LogP contribution in [0.4, 0.5) is 27.4 Å². The summed E-state index contributed by atoms with van der Waals surface area (Å²) >= 11 is 5.96. The molecule has 9 nitrogen and oxygen atoms in total. The Bertz CT molecular complexity index is 1260. The third-order valence-electron chi connectivity index (χ3n) is 5.73. The Morgan fingerprint density at radius 2 is 1.83 bits per heavy atom. The molecule has 1 aromatic carbocycles.